The van der Waals surface area contributed by atoms with E-state index in [1.54, 1.807) is 6.07 Å². The molecule has 0 saturated carbocycles. The first kappa shape index (κ1) is 18.0. The van der Waals surface area contributed by atoms with Crippen LogP contribution in [0.3, 0.4) is 0 Å². The summed E-state index contributed by atoms with van der Waals surface area (Å²) in [5, 5.41) is 9.05. The first-order valence-corrected chi connectivity index (χ1v) is 8.09. The van der Waals surface area contributed by atoms with Gasteiger partial charge in [0.15, 0.2) is 9.84 Å². The number of carbonyl (C=O) groups is 1. The Hall–Kier alpha value is -2.01. The predicted molar refractivity (Wildman–Crippen MR) is 76.4 cm³/mol. The minimum atomic E-state index is -3.70. The lowest BCUT2D eigenvalue weighted by molar-refractivity contribution is -0.120. The van der Waals surface area contributed by atoms with Gasteiger partial charge in [-0.15, -0.1) is 0 Å². The lowest BCUT2D eigenvalue weighted by atomic mass is 10.1. The zero-order valence-corrected chi connectivity index (χ0v) is 13.1. The van der Waals surface area contributed by atoms with Crippen molar-refractivity contribution in [1.82, 2.24) is 5.32 Å². The molecule has 0 heterocycles. The Bertz CT molecular complexity index is 711. The number of rotatable bonds is 5. The van der Waals surface area contributed by atoms with E-state index in [1.165, 1.54) is 20.8 Å². The Kier molecular flexibility index (Phi) is 5.60. The lowest BCUT2D eigenvalue weighted by Gasteiger charge is -2.18. The summed E-state index contributed by atoms with van der Waals surface area (Å²) in [4.78, 5) is 12.0. The molecule has 8 heteroatoms. The van der Waals surface area contributed by atoms with Crippen LogP contribution in [0.5, 0.6) is 0 Å². The molecule has 1 rings (SSSR count). The van der Waals surface area contributed by atoms with E-state index < -0.39 is 43.9 Å². The van der Waals surface area contributed by atoms with Gasteiger partial charge in [-0.25, -0.2) is 17.2 Å². The smallest absolute Gasteiger partial charge is 0.239 e. The molecule has 120 valence electrons. The van der Waals surface area contributed by atoms with Crippen molar-refractivity contribution >= 4 is 15.7 Å². The van der Waals surface area contributed by atoms with Crippen molar-refractivity contribution < 1.29 is 22.0 Å². The van der Waals surface area contributed by atoms with Gasteiger partial charge in [0, 0.05) is 11.6 Å². The number of benzene rings is 1. The highest BCUT2D eigenvalue weighted by Crippen LogP contribution is 2.19. The van der Waals surface area contributed by atoms with E-state index >= 15 is 0 Å². The van der Waals surface area contributed by atoms with Gasteiger partial charge in [0.2, 0.25) is 5.91 Å². The number of nitrogens with one attached hydrogen (secondary N) is 1. The molecular formula is C14H16F2N2O3S. The summed E-state index contributed by atoms with van der Waals surface area (Å²) >= 11 is 0. The first-order valence-electron chi connectivity index (χ1n) is 6.49. The van der Waals surface area contributed by atoms with E-state index in [4.69, 9.17) is 5.26 Å². The van der Waals surface area contributed by atoms with Gasteiger partial charge < -0.3 is 5.32 Å². The fourth-order valence-corrected chi connectivity index (χ4v) is 2.92. The van der Waals surface area contributed by atoms with Crippen LogP contribution in [-0.2, 0) is 14.6 Å². The molecule has 0 fully saturated rings. The predicted octanol–water partition coefficient (Wildman–Crippen LogP) is 1.86. The molecule has 0 aliphatic carbocycles. The summed E-state index contributed by atoms with van der Waals surface area (Å²) in [6.07, 6.45) is 0. The van der Waals surface area contributed by atoms with Gasteiger partial charge in [0.1, 0.15) is 22.9 Å². The number of halogens is 2. The standard InChI is InChI=1S/C14H16F2N2O3S/c1-8(2)22(20,21)9(3)14(19)18-13(7-17)11-5-4-10(15)6-12(11)16/h4-6,8-9,13H,1-3H3,(H,18,19)/t9-,13-/m1/s1. The van der Waals surface area contributed by atoms with Gasteiger partial charge in [0.05, 0.1) is 11.3 Å². The molecule has 1 aromatic carbocycles. The Labute approximate surface area is 127 Å². The molecule has 0 aliphatic rings. The van der Waals surface area contributed by atoms with Crippen molar-refractivity contribution in [2.45, 2.75) is 37.3 Å². The van der Waals surface area contributed by atoms with Crippen LogP contribution in [0.2, 0.25) is 0 Å². The van der Waals surface area contributed by atoms with Crippen LogP contribution in [0.4, 0.5) is 8.78 Å². The van der Waals surface area contributed by atoms with Gasteiger partial charge in [-0.05, 0) is 26.8 Å². The molecule has 22 heavy (non-hydrogen) atoms. The SMILES string of the molecule is CC(C)S(=O)(=O)[C@H](C)C(=O)N[C@H](C#N)c1ccc(F)cc1F. The number of hydrogen-bond acceptors (Lipinski definition) is 4. The molecule has 0 aromatic heterocycles. The monoisotopic (exact) mass is 330 g/mol. The summed E-state index contributed by atoms with van der Waals surface area (Å²) < 4.78 is 50.3. The second-order valence-corrected chi connectivity index (χ2v) is 7.84. The molecule has 0 saturated heterocycles. The van der Waals surface area contributed by atoms with E-state index in [1.807, 2.05) is 0 Å². The summed E-state index contributed by atoms with van der Waals surface area (Å²) in [7, 11) is -3.70. The fourth-order valence-electron chi connectivity index (χ4n) is 1.73. The average molecular weight is 330 g/mol. The molecular weight excluding hydrogens is 314 g/mol. The van der Waals surface area contributed by atoms with Crippen molar-refractivity contribution in [3.8, 4) is 6.07 Å². The summed E-state index contributed by atoms with van der Waals surface area (Å²) in [5.74, 6) is -2.73. The van der Waals surface area contributed by atoms with E-state index in [0.29, 0.717) is 6.07 Å². The highest BCUT2D eigenvalue weighted by molar-refractivity contribution is 7.93. The van der Waals surface area contributed by atoms with Crippen molar-refractivity contribution in [2.75, 3.05) is 0 Å². The molecule has 0 unspecified atom stereocenters. The van der Waals surface area contributed by atoms with Gasteiger partial charge in [-0.3, -0.25) is 4.79 Å². The number of hydrogen-bond donors (Lipinski definition) is 1. The van der Waals surface area contributed by atoms with Gasteiger partial charge >= 0.3 is 0 Å². The van der Waals surface area contributed by atoms with Crippen LogP contribution in [0.15, 0.2) is 18.2 Å². The zero-order chi connectivity index (χ0) is 17.1. The molecule has 2 atom stereocenters. The molecule has 1 aromatic rings. The van der Waals surface area contributed by atoms with Gasteiger partial charge in [-0.1, -0.05) is 6.07 Å². The number of sulfone groups is 1. The van der Waals surface area contributed by atoms with Gasteiger partial charge in [0.25, 0.3) is 0 Å². The van der Waals surface area contributed by atoms with Crippen LogP contribution in [-0.4, -0.2) is 24.8 Å². The third kappa shape index (κ3) is 3.80. The third-order valence-corrected chi connectivity index (χ3v) is 5.72. The maximum atomic E-state index is 13.6. The van der Waals surface area contributed by atoms with E-state index in [-0.39, 0.29) is 5.56 Å². The number of nitriles is 1. The Balaban J connectivity index is 3.01. The van der Waals surface area contributed by atoms with Crippen LogP contribution < -0.4 is 5.32 Å². The Morgan fingerprint density at radius 2 is 1.86 bits per heavy atom. The van der Waals surface area contributed by atoms with Crippen LogP contribution in [0.1, 0.15) is 32.4 Å². The van der Waals surface area contributed by atoms with Crippen molar-refractivity contribution in [2.24, 2.45) is 0 Å². The Morgan fingerprint density at radius 3 is 2.32 bits per heavy atom. The number of amides is 1. The highest BCUT2D eigenvalue weighted by Gasteiger charge is 2.32. The number of nitrogens with zero attached hydrogens (tertiary/aromatic N) is 1. The lowest BCUT2D eigenvalue weighted by Crippen LogP contribution is -2.42. The van der Waals surface area contributed by atoms with E-state index in [9.17, 15) is 22.0 Å². The van der Waals surface area contributed by atoms with Gasteiger partial charge in [-0.2, -0.15) is 5.26 Å². The fraction of sp³-hybridized carbons (Fsp3) is 0.429. The molecule has 0 radical (unpaired) electrons. The summed E-state index contributed by atoms with van der Waals surface area (Å²) in [5.41, 5.74) is -0.230. The van der Waals surface area contributed by atoms with E-state index in [2.05, 4.69) is 5.32 Å². The largest absolute Gasteiger partial charge is 0.335 e. The molecule has 0 aliphatic heterocycles. The summed E-state index contributed by atoms with van der Waals surface area (Å²) in [6, 6.07) is 2.81. The normalized spacial score (nSPS) is 14.2. The first-order chi connectivity index (χ1) is 10.1. The minimum absolute atomic E-state index is 0.230. The maximum absolute atomic E-state index is 13.6. The quantitative estimate of drug-likeness (QED) is 0.892. The van der Waals surface area contributed by atoms with Crippen molar-refractivity contribution in [1.29, 1.82) is 5.26 Å². The van der Waals surface area contributed by atoms with E-state index in [0.717, 1.165) is 12.1 Å². The number of carbonyl (C=O) groups excluding carboxylic acids is 1. The molecule has 5 nitrogen and oxygen atoms in total. The highest BCUT2D eigenvalue weighted by atomic mass is 32.2. The van der Waals surface area contributed by atoms with Crippen LogP contribution in [0, 0.1) is 23.0 Å². The molecule has 0 spiro atoms. The second-order valence-electron chi connectivity index (χ2n) is 5.02. The topological polar surface area (TPSA) is 87.0 Å². The molecule has 0 bridgehead atoms. The molecule has 1 amide bonds. The van der Waals surface area contributed by atoms with Crippen molar-refractivity contribution in [3.05, 3.63) is 35.4 Å². The average Bonchev–Trinajstić information content (AvgIpc) is 2.44. The van der Waals surface area contributed by atoms with Crippen LogP contribution in [0.25, 0.3) is 0 Å². The third-order valence-electron chi connectivity index (χ3n) is 3.21. The minimum Gasteiger partial charge on any atom is -0.335 e. The summed E-state index contributed by atoms with van der Waals surface area (Å²) in [6.45, 7) is 4.06. The van der Waals surface area contributed by atoms with Crippen molar-refractivity contribution in [3.63, 3.8) is 0 Å². The Morgan fingerprint density at radius 1 is 1.27 bits per heavy atom. The second kappa shape index (κ2) is 6.83. The maximum Gasteiger partial charge on any atom is 0.239 e. The molecule has 1 N–H and O–H groups in total. The zero-order valence-electron chi connectivity index (χ0n) is 12.3. The van der Waals surface area contributed by atoms with Crippen LogP contribution >= 0.6 is 0 Å².